The van der Waals surface area contributed by atoms with Crippen molar-refractivity contribution in [2.24, 2.45) is 0 Å². The summed E-state index contributed by atoms with van der Waals surface area (Å²) in [6, 6.07) is 3.60. The first-order valence-corrected chi connectivity index (χ1v) is 8.33. The third-order valence-electron chi connectivity index (χ3n) is 3.23. The average Bonchev–Trinajstić information content (AvgIpc) is 3.05. The van der Waals surface area contributed by atoms with Gasteiger partial charge in [-0.1, -0.05) is 6.07 Å². The molecule has 0 aromatic carbocycles. The van der Waals surface area contributed by atoms with Crippen LogP contribution >= 0.6 is 23.6 Å². The lowest BCUT2D eigenvalue weighted by molar-refractivity contribution is -0.908. The summed E-state index contributed by atoms with van der Waals surface area (Å²) >= 11 is 6.50. The van der Waals surface area contributed by atoms with E-state index in [1.807, 2.05) is 11.4 Å². The second-order valence-corrected chi connectivity index (χ2v) is 6.13. The minimum atomic E-state index is -0.174. The van der Waals surface area contributed by atoms with Gasteiger partial charge in [0.1, 0.15) is 13.1 Å². The highest BCUT2D eigenvalue weighted by Crippen LogP contribution is 2.06. The average molecular weight is 329 g/mol. The van der Waals surface area contributed by atoms with Crippen LogP contribution in [0.25, 0.3) is 0 Å². The number of carbonyl (C=O) groups excluding carboxylic acids is 1. The van der Waals surface area contributed by atoms with Gasteiger partial charge in [-0.25, -0.2) is 0 Å². The normalized spacial score (nSPS) is 15.4. The van der Waals surface area contributed by atoms with Crippen LogP contribution in [-0.4, -0.2) is 50.4 Å². The number of thiocarbonyl (C=S) groups is 1. The lowest BCUT2D eigenvalue weighted by Crippen LogP contribution is -3.14. The van der Waals surface area contributed by atoms with E-state index in [4.69, 9.17) is 17.0 Å². The molecule has 4 N–H and O–H groups in total. The number of carbonyl (C=O) groups is 1. The molecule has 0 bridgehead atoms. The van der Waals surface area contributed by atoms with E-state index < -0.39 is 0 Å². The summed E-state index contributed by atoms with van der Waals surface area (Å²) in [4.78, 5) is 13.9. The molecule has 0 aliphatic carbocycles. The minimum Gasteiger partial charge on any atom is -0.370 e. The van der Waals surface area contributed by atoms with Crippen molar-refractivity contribution >= 4 is 34.6 Å². The first-order valence-electron chi connectivity index (χ1n) is 7.04. The SMILES string of the molecule is O=C(NNC(=S)NCCC[NH+]1CCOCC1)c1cccs1. The zero-order chi connectivity index (χ0) is 14.9. The maximum Gasteiger partial charge on any atom is 0.279 e. The van der Waals surface area contributed by atoms with Crippen LogP contribution in [0.2, 0.25) is 0 Å². The van der Waals surface area contributed by atoms with E-state index in [2.05, 4.69) is 16.2 Å². The fraction of sp³-hybridized carbons (Fsp3) is 0.538. The van der Waals surface area contributed by atoms with E-state index in [0.717, 1.165) is 45.8 Å². The van der Waals surface area contributed by atoms with Gasteiger partial charge in [0.15, 0.2) is 5.11 Å². The van der Waals surface area contributed by atoms with Crippen molar-refractivity contribution in [1.82, 2.24) is 16.2 Å². The Balaban J connectivity index is 1.52. The zero-order valence-electron chi connectivity index (χ0n) is 11.8. The fourth-order valence-electron chi connectivity index (χ4n) is 2.08. The fourth-order valence-corrected chi connectivity index (χ4v) is 2.85. The van der Waals surface area contributed by atoms with Gasteiger partial charge >= 0.3 is 0 Å². The van der Waals surface area contributed by atoms with Crippen molar-refractivity contribution in [3.8, 4) is 0 Å². The Morgan fingerprint density at radius 3 is 2.90 bits per heavy atom. The smallest absolute Gasteiger partial charge is 0.279 e. The van der Waals surface area contributed by atoms with Gasteiger partial charge in [-0.05, 0) is 23.7 Å². The molecule has 0 atom stereocenters. The summed E-state index contributed by atoms with van der Waals surface area (Å²) < 4.78 is 5.32. The molecule has 1 aliphatic rings. The molecular weight excluding hydrogens is 308 g/mol. The largest absolute Gasteiger partial charge is 0.370 e. The van der Waals surface area contributed by atoms with Crippen molar-refractivity contribution in [2.75, 3.05) is 39.4 Å². The number of thiophene rings is 1. The second kappa shape index (κ2) is 8.93. The standard InChI is InChI=1S/C13H20N4O2S2/c18-12(11-3-1-10-21-11)15-16-13(20)14-4-2-5-17-6-8-19-9-7-17/h1,3,10H,2,4-9H2,(H,15,18)(H2,14,16,20)/p+1. The Hall–Kier alpha value is -1.22. The van der Waals surface area contributed by atoms with E-state index in [1.165, 1.54) is 11.3 Å². The van der Waals surface area contributed by atoms with Gasteiger partial charge in [0.25, 0.3) is 5.91 Å². The predicted molar refractivity (Wildman–Crippen MR) is 86.5 cm³/mol. The summed E-state index contributed by atoms with van der Waals surface area (Å²) in [5.41, 5.74) is 5.28. The molecule has 1 aliphatic heterocycles. The molecule has 1 saturated heterocycles. The molecule has 1 amide bonds. The molecule has 0 radical (unpaired) electrons. The van der Waals surface area contributed by atoms with Crippen molar-refractivity contribution in [1.29, 1.82) is 0 Å². The molecular formula is C13H21N4O2S2+. The second-order valence-electron chi connectivity index (χ2n) is 4.78. The number of hydrogen-bond acceptors (Lipinski definition) is 4. The van der Waals surface area contributed by atoms with Crippen molar-refractivity contribution in [3.63, 3.8) is 0 Å². The van der Waals surface area contributed by atoms with Crippen LogP contribution in [0.15, 0.2) is 17.5 Å². The first-order chi connectivity index (χ1) is 10.3. The van der Waals surface area contributed by atoms with Crippen LogP contribution in [0.3, 0.4) is 0 Å². The Kier molecular flexibility index (Phi) is 6.87. The highest BCUT2D eigenvalue weighted by molar-refractivity contribution is 7.80. The number of morpholine rings is 1. The molecule has 1 aromatic heterocycles. The molecule has 116 valence electrons. The highest BCUT2D eigenvalue weighted by Gasteiger charge is 2.12. The third-order valence-corrected chi connectivity index (χ3v) is 4.34. The van der Waals surface area contributed by atoms with Gasteiger partial charge in [-0.15, -0.1) is 11.3 Å². The Morgan fingerprint density at radius 2 is 2.19 bits per heavy atom. The van der Waals surface area contributed by atoms with Gasteiger partial charge in [0, 0.05) is 13.0 Å². The van der Waals surface area contributed by atoms with Crippen LogP contribution in [0, 0.1) is 0 Å². The van der Waals surface area contributed by atoms with Crippen molar-refractivity contribution in [2.45, 2.75) is 6.42 Å². The first kappa shape index (κ1) is 16.2. The summed E-state index contributed by atoms with van der Waals surface area (Å²) in [7, 11) is 0. The van der Waals surface area contributed by atoms with Crippen LogP contribution in [0.5, 0.6) is 0 Å². The van der Waals surface area contributed by atoms with E-state index >= 15 is 0 Å². The number of nitrogens with one attached hydrogen (secondary N) is 4. The Labute approximate surface area is 133 Å². The number of hydrazine groups is 1. The van der Waals surface area contributed by atoms with E-state index in [-0.39, 0.29) is 5.91 Å². The number of ether oxygens (including phenoxy) is 1. The molecule has 0 unspecified atom stereocenters. The van der Waals surface area contributed by atoms with Crippen molar-refractivity contribution in [3.05, 3.63) is 22.4 Å². The summed E-state index contributed by atoms with van der Waals surface area (Å²) in [5, 5.41) is 5.39. The molecule has 21 heavy (non-hydrogen) atoms. The van der Waals surface area contributed by atoms with Crippen LogP contribution in [0.4, 0.5) is 0 Å². The molecule has 0 saturated carbocycles. The van der Waals surface area contributed by atoms with Crippen LogP contribution < -0.4 is 21.1 Å². The number of hydrogen-bond donors (Lipinski definition) is 4. The predicted octanol–water partition coefficient (Wildman–Crippen LogP) is -0.838. The molecule has 2 heterocycles. The molecule has 6 nitrogen and oxygen atoms in total. The van der Waals surface area contributed by atoms with Crippen LogP contribution in [0.1, 0.15) is 16.1 Å². The number of rotatable bonds is 5. The van der Waals surface area contributed by atoms with Crippen molar-refractivity contribution < 1.29 is 14.4 Å². The van der Waals surface area contributed by atoms with Gasteiger partial charge in [0.2, 0.25) is 0 Å². The molecule has 1 fully saturated rings. The third kappa shape index (κ3) is 5.96. The van der Waals surface area contributed by atoms with Gasteiger partial charge < -0.3 is 15.0 Å². The van der Waals surface area contributed by atoms with E-state index in [1.54, 1.807) is 11.0 Å². The van der Waals surface area contributed by atoms with Gasteiger partial charge in [-0.2, -0.15) is 0 Å². The monoisotopic (exact) mass is 329 g/mol. The van der Waals surface area contributed by atoms with E-state index in [0.29, 0.717) is 9.99 Å². The maximum atomic E-state index is 11.7. The summed E-state index contributed by atoms with van der Waals surface area (Å²) in [5.74, 6) is -0.174. The highest BCUT2D eigenvalue weighted by atomic mass is 32.1. The zero-order valence-corrected chi connectivity index (χ0v) is 13.4. The number of quaternary nitrogens is 1. The number of amides is 1. The molecule has 8 heteroatoms. The topological polar surface area (TPSA) is 66.8 Å². The molecule has 0 spiro atoms. The van der Waals surface area contributed by atoms with Gasteiger partial charge in [-0.3, -0.25) is 15.6 Å². The van der Waals surface area contributed by atoms with Gasteiger partial charge in [0.05, 0.1) is 24.6 Å². The summed E-state index contributed by atoms with van der Waals surface area (Å²) in [6.45, 7) is 5.79. The Morgan fingerprint density at radius 1 is 1.38 bits per heavy atom. The lowest BCUT2D eigenvalue weighted by Gasteiger charge is -2.23. The minimum absolute atomic E-state index is 0.174. The quantitative estimate of drug-likeness (QED) is 0.322. The van der Waals surface area contributed by atoms with Crippen LogP contribution in [-0.2, 0) is 4.74 Å². The van der Waals surface area contributed by atoms with E-state index in [9.17, 15) is 4.79 Å². The molecule has 1 aromatic rings. The molecule has 2 rings (SSSR count). The Bertz CT molecular complexity index is 447. The maximum absolute atomic E-state index is 11.7. The summed E-state index contributed by atoms with van der Waals surface area (Å²) in [6.07, 6.45) is 1.04. The lowest BCUT2D eigenvalue weighted by atomic mass is 10.3.